The Kier molecular flexibility index (Phi) is 2.92. The molecule has 2 rings (SSSR count). The second-order valence-electron chi connectivity index (χ2n) is 3.23. The Labute approximate surface area is 93.2 Å². The summed E-state index contributed by atoms with van der Waals surface area (Å²) in [5, 5.41) is 0.510. The minimum absolute atomic E-state index is 0.510. The Morgan fingerprint density at radius 1 is 1.20 bits per heavy atom. The van der Waals surface area contributed by atoms with Crippen LogP contribution in [0, 0.1) is 6.92 Å². The van der Waals surface area contributed by atoms with Gasteiger partial charge in [-0.3, -0.25) is 4.98 Å². The molecule has 0 saturated carbocycles. The lowest BCUT2D eigenvalue weighted by Crippen LogP contribution is -1.99. The highest BCUT2D eigenvalue weighted by molar-refractivity contribution is 6.30. The number of halogens is 1. The van der Waals surface area contributed by atoms with E-state index in [0.717, 1.165) is 17.0 Å². The van der Waals surface area contributed by atoms with E-state index in [1.165, 1.54) is 6.33 Å². The van der Waals surface area contributed by atoms with Crippen LogP contribution >= 0.6 is 11.6 Å². The maximum absolute atomic E-state index is 5.91. The van der Waals surface area contributed by atoms with Gasteiger partial charge >= 0.3 is 0 Å². The van der Waals surface area contributed by atoms with Crippen molar-refractivity contribution >= 4 is 11.6 Å². The Hall–Kier alpha value is -1.48. The molecular formula is C11H10ClN3. The van der Waals surface area contributed by atoms with Crippen molar-refractivity contribution in [1.82, 2.24) is 15.0 Å². The molecule has 0 bridgehead atoms. The maximum atomic E-state index is 5.91. The van der Waals surface area contributed by atoms with E-state index < -0.39 is 0 Å². The maximum Gasteiger partial charge on any atom is 0.135 e. The van der Waals surface area contributed by atoms with E-state index in [0.29, 0.717) is 11.6 Å². The van der Waals surface area contributed by atoms with Crippen LogP contribution in [0.4, 0.5) is 0 Å². The first kappa shape index (κ1) is 10.1. The Bertz CT molecular complexity index is 457. The first-order valence-corrected chi connectivity index (χ1v) is 5.01. The SMILES string of the molecule is Cc1c(Cl)ncnc1Cc1ccccn1. The quantitative estimate of drug-likeness (QED) is 0.729. The van der Waals surface area contributed by atoms with E-state index in [4.69, 9.17) is 11.6 Å². The average molecular weight is 220 g/mol. The fraction of sp³-hybridized carbons (Fsp3) is 0.182. The normalized spacial score (nSPS) is 10.3. The number of hydrogen-bond acceptors (Lipinski definition) is 3. The van der Waals surface area contributed by atoms with Gasteiger partial charge in [-0.1, -0.05) is 17.7 Å². The molecule has 15 heavy (non-hydrogen) atoms. The van der Waals surface area contributed by atoms with E-state index in [1.54, 1.807) is 6.20 Å². The van der Waals surface area contributed by atoms with E-state index >= 15 is 0 Å². The van der Waals surface area contributed by atoms with E-state index in [2.05, 4.69) is 15.0 Å². The molecule has 0 aliphatic carbocycles. The summed E-state index contributed by atoms with van der Waals surface area (Å²) < 4.78 is 0. The summed E-state index contributed by atoms with van der Waals surface area (Å²) in [6.07, 6.45) is 3.94. The predicted octanol–water partition coefficient (Wildman–Crippen LogP) is 2.42. The van der Waals surface area contributed by atoms with Crippen LogP contribution in [0.3, 0.4) is 0 Å². The highest BCUT2D eigenvalue weighted by Crippen LogP contribution is 2.15. The molecule has 2 aromatic heterocycles. The molecule has 2 heterocycles. The van der Waals surface area contributed by atoms with Crippen LogP contribution in [-0.4, -0.2) is 15.0 Å². The minimum atomic E-state index is 0.510. The molecule has 0 spiro atoms. The van der Waals surface area contributed by atoms with Crippen molar-refractivity contribution in [2.75, 3.05) is 0 Å². The highest BCUT2D eigenvalue weighted by atomic mass is 35.5. The summed E-state index contributed by atoms with van der Waals surface area (Å²) in [6, 6.07) is 5.82. The topological polar surface area (TPSA) is 38.7 Å². The zero-order valence-corrected chi connectivity index (χ0v) is 9.07. The van der Waals surface area contributed by atoms with E-state index in [-0.39, 0.29) is 0 Å². The van der Waals surface area contributed by atoms with Gasteiger partial charge in [0.1, 0.15) is 11.5 Å². The molecule has 0 fully saturated rings. The molecule has 0 aliphatic rings. The van der Waals surface area contributed by atoms with Crippen LogP contribution < -0.4 is 0 Å². The average Bonchev–Trinajstić information content (AvgIpc) is 2.26. The molecule has 0 radical (unpaired) electrons. The van der Waals surface area contributed by atoms with Gasteiger partial charge in [0.15, 0.2) is 0 Å². The van der Waals surface area contributed by atoms with Gasteiger partial charge in [-0.2, -0.15) is 0 Å². The molecular weight excluding hydrogens is 210 g/mol. The highest BCUT2D eigenvalue weighted by Gasteiger charge is 2.05. The first-order valence-electron chi connectivity index (χ1n) is 4.63. The zero-order chi connectivity index (χ0) is 10.7. The van der Waals surface area contributed by atoms with Gasteiger partial charge in [0.05, 0.1) is 5.69 Å². The van der Waals surface area contributed by atoms with Crippen molar-refractivity contribution < 1.29 is 0 Å². The van der Waals surface area contributed by atoms with Gasteiger partial charge in [0.2, 0.25) is 0 Å². The molecule has 0 amide bonds. The van der Waals surface area contributed by atoms with Crippen LogP contribution in [0.2, 0.25) is 5.15 Å². The van der Waals surface area contributed by atoms with Crippen molar-refractivity contribution in [2.24, 2.45) is 0 Å². The van der Waals surface area contributed by atoms with Gasteiger partial charge in [-0.25, -0.2) is 9.97 Å². The molecule has 2 aromatic rings. The number of hydrogen-bond donors (Lipinski definition) is 0. The molecule has 0 aromatic carbocycles. The molecule has 0 aliphatic heterocycles. The molecule has 0 saturated heterocycles. The van der Waals surface area contributed by atoms with Crippen LogP contribution in [0.25, 0.3) is 0 Å². The lowest BCUT2D eigenvalue weighted by molar-refractivity contribution is 0.962. The molecule has 4 heteroatoms. The third-order valence-corrected chi connectivity index (χ3v) is 2.58. The largest absolute Gasteiger partial charge is 0.261 e. The lowest BCUT2D eigenvalue weighted by Gasteiger charge is -2.04. The molecule has 0 N–H and O–H groups in total. The Morgan fingerprint density at radius 3 is 2.80 bits per heavy atom. The molecule has 76 valence electrons. The molecule has 3 nitrogen and oxygen atoms in total. The van der Waals surface area contributed by atoms with Gasteiger partial charge in [-0.05, 0) is 19.1 Å². The molecule has 0 unspecified atom stereocenters. The van der Waals surface area contributed by atoms with Gasteiger partial charge in [-0.15, -0.1) is 0 Å². The third kappa shape index (κ3) is 2.30. The summed E-state index contributed by atoms with van der Waals surface area (Å²) in [6.45, 7) is 1.92. The standard InChI is InChI=1S/C11H10ClN3/c1-8-10(14-7-15-11(8)12)6-9-4-2-3-5-13-9/h2-5,7H,6H2,1H3. The van der Waals surface area contributed by atoms with E-state index in [9.17, 15) is 0 Å². The van der Waals surface area contributed by atoms with Crippen molar-refractivity contribution in [2.45, 2.75) is 13.3 Å². The number of rotatable bonds is 2. The number of aromatic nitrogens is 3. The number of pyridine rings is 1. The van der Waals surface area contributed by atoms with Crippen LogP contribution in [0.15, 0.2) is 30.7 Å². The minimum Gasteiger partial charge on any atom is -0.261 e. The zero-order valence-electron chi connectivity index (χ0n) is 8.31. The van der Waals surface area contributed by atoms with Crippen molar-refractivity contribution in [3.8, 4) is 0 Å². The fourth-order valence-electron chi connectivity index (χ4n) is 1.31. The van der Waals surface area contributed by atoms with Crippen LogP contribution in [-0.2, 0) is 6.42 Å². The summed E-state index contributed by atoms with van der Waals surface area (Å²) >= 11 is 5.91. The van der Waals surface area contributed by atoms with Crippen LogP contribution in [0.5, 0.6) is 0 Å². The number of nitrogens with zero attached hydrogens (tertiary/aromatic N) is 3. The smallest absolute Gasteiger partial charge is 0.135 e. The Morgan fingerprint density at radius 2 is 2.07 bits per heavy atom. The fourth-order valence-corrected chi connectivity index (χ4v) is 1.47. The van der Waals surface area contributed by atoms with Crippen molar-refractivity contribution in [1.29, 1.82) is 0 Å². The molecule has 0 atom stereocenters. The summed E-state index contributed by atoms with van der Waals surface area (Å²) in [7, 11) is 0. The summed E-state index contributed by atoms with van der Waals surface area (Å²) in [5.74, 6) is 0. The lowest BCUT2D eigenvalue weighted by atomic mass is 10.1. The van der Waals surface area contributed by atoms with Gasteiger partial charge in [0, 0.05) is 23.9 Å². The van der Waals surface area contributed by atoms with Crippen molar-refractivity contribution in [3.63, 3.8) is 0 Å². The van der Waals surface area contributed by atoms with Crippen molar-refractivity contribution in [3.05, 3.63) is 52.8 Å². The monoisotopic (exact) mass is 219 g/mol. The summed E-state index contributed by atoms with van der Waals surface area (Å²) in [5.41, 5.74) is 2.83. The second-order valence-corrected chi connectivity index (χ2v) is 3.59. The third-order valence-electron chi connectivity index (χ3n) is 2.20. The van der Waals surface area contributed by atoms with Gasteiger partial charge < -0.3 is 0 Å². The van der Waals surface area contributed by atoms with Crippen LogP contribution in [0.1, 0.15) is 17.0 Å². The predicted molar refractivity (Wildman–Crippen MR) is 58.8 cm³/mol. The van der Waals surface area contributed by atoms with E-state index in [1.807, 2.05) is 25.1 Å². The summed E-state index contributed by atoms with van der Waals surface area (Å²) in [4.78, 5) is 12.4. The second kappa shape index (κ2) is 4.36. The first-order chi connectivity index (χ1) is 7.27. The Balaban J connectivity index is 2.29. The van der Waals surface area contributed by atoms with Gasteiger partial charge in [0.25, 0.3) is 0 Å².